The van der Waals surface area contributed by atoms with Crippen LogP contribution in [0.3, 0.4) is 0 Å². The number of nitrogens with one attached hydrogen (secondary N) is 2. The lowest BCUT2D eigenvalue weighted by Crippen LogP contribution is -2.16. The third-order valence-electron chi connectivity index (χ3n) is 4.14. The molecular formula is C22H19N3O4S. The first kappa shape index (κ1) is 21.1. The third kappa shape index (κ3) is 5.68. The lowest BCUT2D eigenvalue weighted by molar-refractivity contribution is -0.384. The van der Waals surface area contributed by atoms with Gasteiger partial charge in [0, 0.05) is 28.4 Å². The molecule has 0 aliphatic carbocycles. The fourth-order valence-corrected chi connectivity index (χ4v) is 3.50. The van der Waals surface area contributed by atoms with E-state index in [-0.39, 0.29) is 17.3 Å². The number of anilines is 2. The molecule has 0 aliphatic heterocycles. The summed E-state index contributed by atoms with van der Waals surface area (Å²) >= 11 is 1.24. The van der Waals surface area contributed by atoms with Crippen LogP contribution in [0.2, 0.25) is 0 Å². The minimum atomic E-state index is -0.522. The molecule has 0 spiro atoms. The number of rotatable bonds is 7. The molecule has 7 nitrogen and oxygen atoms in total. The van der Waals surface area contributed by atoms with Crippen molar-refractivity contribution >= 4 is 40.6 Å². The Morgan fingerprint density at radius 1 is 0.933 bits per heavy atom. The smallest absolute Gasteiger partial charge is 0.271 e. The van der Waals surface area contributed by atoms with Crippen LogP contribution in [0, 0.1) is 17.0 Å². The van der Waals surface area contributed by atoms with Crippen LogP contribution >= 0.6 is 11.8 Å². The molecule has 0 heterocycles. The van der Waals surface area contributed by atoms with Crippen LogP contribution in [0.25, 0.3) is 0 Å². The summed E-state index contributed by atoms with van der Waals surface area (Å²) in [5, 5.41) is 16.4. The Balaban J connectivity index is 1.65. The summed E-state index contributed by atoms with van der Waals surface area (Å²) < 4.78 is 0. The number of thioether (sulfide) groups is 1. The number of hydrogen-bond donors (Lipinski definition) is 2. The van der Waals surface area contributed by atoms with E-state index in [9.17, 15) is 19.7 Å². The lowest BCUT2D eigenvalue weighted by Gasteiger charge is -2.10. The maximum atomic E-state index is 12.7. The quantitative estimate of drug-likeness (QED) is 0.321. The molecule has 8 heteroatoms. The van der Waals surface area contributed by atoms with E-state index in [1.165, 1.54) is 30.0 Å². The first-order chi connectivity index (χ1) is 14.4. The fraction of sp³-hybridized carbons (Fsp3) is 0.0909. The van der Waals surface area contributed by atoms with Gasteiger partial charge in [0.25, 0.3) is 11.6 Å². The Morgan fingerprint density at radius 3 is 2.40 bits per heavy atom. The Kier molecular flexibility index (Phi) is 6.82. The van der Waals surface area contributed by atoms with Crippen molar-refractivity contribution in [3.8, 4) is 0 Å². The van der Waals surface area contributed by atoms with E-state index in [4.69, 9.17) is 0 Å². The fourth-order valence-electron chi connectivity index (χ4n) is 2.65. The SMILES string of the molecule is Cc1ccc(NC(=O)CSc2ccccc2C(=O)Nc2cccc([N+](=O)[O-])c2)cc1. The summed E-state index contributed by atoms with van der Waals surface area (Å²) in [5.41, 5.74) is 2.42. The topological polar surface area (TPSA) is 101 Å². The molecule has 0 unspecified atom stereocenters. The number of amides is 2. The first-order valence-corrected chi connectivity index (χ1v) is 10.0. The van der Waals surface area contributed by atoms with E-state index >= 15 is 0 Å². The molecule has 3 aromatic rings. The normalized spacial score (nSPS) is 10.3. The highest BCUT2D eigenvalue weighted by Gasteiger charge is 2.14. The van der Waals surface area contributed by atoms with Gasteiger partial charge in [0.15, 0.2) is 0 Å². The molecule has 2 N–H and O–H groups in total. The highest BCUT2D eigenvalue weighted by Crippen LogP contribution is 2.25. The van der Waals surface area contributed by atoms with Crippen LogP contribution in [0.15, 0.2) is 77.7 Å². The van der Waals surface area contributed by atoms with Crippen LogP contribution in [0.1, 0.15) is 15.9 Å². The van der Waals surface area contributed by atoms with Gasteiger partial charge in [-0.05, 0) is 37.3 Å². The molecule has 2 amide bonds. The van der Waals surface area contributed by atoms with Gasteiger partial charge in [0.1, 0.15) is 0 Å². The Bertz CT molecular complexity index is 1080. The highest BCUT2D eigenvalue weighted by atomic mass is 32.2. The number of carbonyl (C=O) groups excluding carboxylic acids is 2. The predicted molar refractivity (Wildman–Crippen MR) is 118 cm³/mol. The minimum Gasteiger partial charge on any atom is -0.325 e. The van der Waals surface area contributed by atoms with Crippen molar-refractivity contribution in [1.82, 2.24) is 0 Å². The van der Waals surface area contributed by atoms with Gasteiger partial charge >= 0.3 is 0 Å². The van der Waals surface area contributed by atoms with E-state index in [0.717, 1.165) is 5.56 Å². The molecule has 0 bridgehead atoms. The largest absolute Gasteiger partial charge is 0.325 e. The van der Waals surface area contributed by atoms with Crippen molar-refractivity contribution in [3.05, 3.63) is 94.0 Å². The second kappa shape index (κ2) is 9.71. The van der Waals surface area contributed by atoms with E-state index in [1.54, 1.807) is 30.3 Å². The van der Waals surface area contributed by atoms with E-state index < -0.39 is 10.8 Å². The van der Waals surface area contributed by atoms with Crippen molar-refractivity contribution in [2.75, 3.05) is 16.4 Å². The molecular weight excluding hydrogens is 402 g/mol. The first-order valence-electron chi connectivity index (χ1n) is 9.06. The van der Waals surface area contributed by atoms with Crippen LogP contribution in [0.4, 0.5) is 17.1 Å². The Morgan fingerprint density at radius 2 is 1.67 bits per heavy atom. The average Bonchev–Trinajstić information content (AvgIpc) is 2.74. The van der Waals surface area contributed by atoms with E-state index in [1.807, 2.05) is 31.2 Å². The zero-order chi connectivity index (χ0) is 21.5. The van der Waals surface area contributed by atoms with Crippen molar-refractivity contribution in [1.29, 1.82) is 0 Å². The summed E-state index contributed by atoms with van der Waals surface area (Å²) in [6, 6.07) is 20.1. The number of non-ortho nitro benzene ring substituents is 1. The molecule has 0 fully saturated rings. The summed E-state index contributed by atoms with van der Waals surface area (Å²) in [7, 11) is 0. The van der Waals surface area contributed by atoms with Gasteiger partial charge in [0.05, 0.1) is 16.2 Å². The molecule has 3 aromatic carbocycles. The van der Waals surface area contributed by atoms with Crippen molar-refractivity contribution in [2.24, 2.45) is 0 Å². The van der Waals surface area contributed by atoms with Gasteiger partial charge in [-0.2, -0.15) is 0 Å². The number of nitrogens with zero attached hydrogens (tertiary/aromatic N) is 1. The predicted octanol–water partition coefficient (Wildman–Crippen LogP) is 4.89. The number of nitro groups is 1. The number of carbonyl (C=O) groups is 2. The second-order valence-corrected chi connectivity index (χ2v) is 7.48. The molecule has 0 saturated heterocycles. The molecule has 0 aromatic heterocycles. The van der Waals surface area contributed by atoms with Crippen LogP contribution in [-0.4, -0.2) is 22.5 Å². The minimum absolute atomic E-state index is 0.108. The number of nitro benzene ring substituents is 1. The zero-order valence-electron chi connectivity index (χ0n) is 16.1. The van der Waals surface area contributed by atoms with Gasteiger partial charge in [0.2, 0.25) is 5.91 Å². The lowest BCUT2D eigenvalue weighted by atomic mass is 10.2. The van der Waals surface area contributed by atoms with Gasteiger partial charge < -0.3 is 10.6 Å². The molecule has 0 atom stereocenters. The summed E-state index contributed by atoms with van der Waals surface area (Å²) in [5.74, 6) is -0.454. The highest BCUT2D eigenvalue weighted by molar-refractivity contribution is 8.00. The summed E-state index contributed by atoms with van der Waals surface area (Å²) in [6.07, 6.45) is 0. The summed E-state index contributed by atoms with van der Waals surface area (Å²) in [6.45, 7) is 1.97. The van der Waals surface area contributed by atoms with E-state index in [0.29, 0.717) is 21.8 Å². The maximum Gasteiger partial charge on any atom is 0.271 e. The molecule has 0 saturated carbocycles. The Hall–Kier alpha value is -3.65. The molecule has 30 heavy (non-hydrogen) atoms. The molecule has 0 aliphatic rings. The standard InChI is InChI=1S/C22H19N3O4S/c1-15-9-11-16(12-10-15)23-21(26)14-30-20-8-3-2-7-19(20)22(27)24-17-5-4-6-18(13-17)25(28)29/h2-13H,14H2,1H3,(H,23,26)(H,24,27). The number of benzene rings is 3. The van der Waals surface area contributed by atoms with E-state index in [2.05, 4.69) is 10.6 Å². The van der Waals surface area contributed by atoms with Gasteiger partial charge in [-0.1, -0.05) is 35.9 Å². The summed E-state index contributed by atoms with van der Waals surface area (Å²) in [4.78, 5) is 36.0. The second-order valence-electron chi connectivity index (χ2n) is 6.46. The van der Waals surface area contributed by atoms with Crippen LogP contribution in [-0.2, 0) is 4.79 Å². The number of aryl methyl sites for hydroxylation is 1. The average molecular weight is 421 g/mol. The van der Waals surface area contributed by atoms with Crippen LogP contribution in [0.5, 0.6) is 0 Å². The van der Waals surface area contributed by atoms with Gasteiger partial charge in [-0.15, -0.1) is 11.8 Å². The molecule has 0 radical (unpaired) electrons. The Labute approximate surface area is 177 Å². The van der Waals surface area contributed by atoms with Crippen molar-refractivity contribution in [3.63, 3.8) is 0 Å². The van der Waals surface area contributed by atoms with Crippen LogP contribution < -0.4 is 10.6 Å². The van der Waals surface area contributed by atoms with Gasteiger partial charge in [-0.25, -0.2) is 0 Å². The number of hydrogen-bond acceptors (Lipinski definition) is 5. The molecule has 152 valence electrons. The maximum absolute atomic E-state index is 12.7. The van der Waals surface area contributed by atoms with Crippen molar-refractivity contribution in [2.45, 2.75) is 11.8 Å². The monoisotopic (exact) mass is 421 g/mol. The van der Waals surface area contributed by atoms with Crippen molar-refractivity contribution < 1.29 is 14.5 Å². The zero-order valence-corrected chi connectivity index (χ0v) is 16.9. The van der Waals surface area contributed by atoms with Gasteiger partial charge in [-0.3, -0.25) is 19.7 Å². The third-order valence-corrected chi connectivity index (χ3v) is 5.21. The molecule has 3 rings (SSSR count).